The van der Waals surface area contributed by atoms with Crippen LogP contribution in [0.3, 0.4) is 0 Å². The minimum absolute atomic E-state index is 0. The molecule has 7 heavy (non-hydrogen) atoms. The quantitative estimate of drug-likeness (QED) is 0.289. The maximum atomic E-state index is 9.20. The summed E-state index contributed by atoms with van der Waals surface area (Å²) in [5.74, 6) is 0. The lowest BCUT2D eigenvalue weighted by Gasteiger charge is -1.71. The van der Waals surface area contributed by atoms with Crippen LogP contribution in [-0.4, -0.2) is 39.1 Å². The summed E-state index contributed by atoms with van der Waals surface area (Å²) in [6.07, 6.45) is 0. The van der Waals surface area contributed by atoms with Gasteiger partial charge in [-0.15, -0.1) is 0 Å². The molecule has 0 unspecified atom stereocenters. The van der Waals surface area contributed by atoms with Crippen LogP contribution in [0.15, 0.2) is 0 Å². The molecule has 0 amide bonds. The molecule has 0 heterocycles. The number of hydrogen-bond donors (Lipinski definition) is 1. The van der Waals surface area contributed by atoms with Crippen LogP contribution >= 0.6 is 0 Å². The third-order valence-electron chi connectivity index (χ3n) is 0. The van der Waals surface area contributed by atoms with Crippen molar-refractivity contribution in [2.45, 2.75) is 0 Å². The van der Waals surface area contributed by atoms with E-state index in [1.807, 2.05) is 0 Å². The standard InChI is InChI=1S/Al.HO3S.2H2O.H/c;1-4(2)3;;;/h;(H,1,2,3);2*1H2;. The first-order valence-corrected chi connectivity index (χ1v) is 4.15. The van der Waals surface area contributed by atoms with Gasteiger partial charge in [-0.05, 0) is 0 Å². The van der Waals surface area contributed by atoms with E-state index in [9.17, 15) is 8.42 Å². The van der Waals surface area contributed by atoms with E-state index in [1.165, 1.54) is 0 Å². The molecule has 0 aromatic rings. The smallest absolute Gasteiger partial charge is 0.412 e. The second-order valence-corrected chi connectivity index (χ2v) is 3.93. The van der Waals surface area contributed by atoms with Crippen LogP contribution < -0.4 is 0 Å². The van der Waals surface area contributed by atoms with Crippen molar-refractivity contribution < 1.29 is 23.9 Å². The zero-order valence-corrected chi connectivity index (χ0v) is 5.61. The van der Waals surface area contributed by atoms with Gasteiger partial charge in [-0.25, -0.2) is 8.42 Å². The maximum Gasteiger partial charge on any atom is 0.431 e. The maximum absolute atomic E-state index is 9.20. The molecule has 45 valence electrons. The molecule has 5 nitrogen and oxygen atoms in total. The average Bonchev–Trinajstić information content (AvgIpc) is 0.722. The molecule has 0 aliphatic carbocycles. The molecule has 0 aliphatic heterocycles. The first-order valence-electron chi connectivity index (χ1n) is 0.805. The minimum atomic E-state index is -3.64. The van der Waals surface area contributed by atoms with Crippen molar-refractivity contribution >= 4 is 23.6 Å². The van der Waals surface area contributed by atoms with Gasteiger partial charge in [-0.2, -0.15) is 0 Å². The van der Waals surface area contributed by atoms with Crippen LogP contribution in [0.4, 0.5) is 0 Å². The lowest BCUT2D eigenvalue weighted by molar-refractivity contribution is 0.501. The number of hydrogen-bond acceptors (Lipinski definition) is 2. The van der Waals surface area contributed by atoms with E-state index < -0.39 is 8.48 Å². The van der Waals surface area contributed by atoms with Gasteiger partial charge in [-0.1, -0.05) is 0 Å². The second-order valence-electron chi connectivity index (χ2n) is 0.582. The van der Waals surface area contributed by atoms with Crippen LogP contribution in [0, 0.1) is 0 Å². The van der Waals surface area contributed by atoms with Crippen molar-refractivity contribution in [1.82, 2.24) is 0 Å². The highest BCUT2D eigenvalue weighted by Crippen LogP contribution is 1.57. The second kappa shape index (κ2) is 4.52. The molecule has 7 heteroatoms. The van der Waals surface area contributed by atoms with Gasteiger partial charge in [0.05, 0.1) is 0 Å². The zero-order chi connectivity index (χ0) is 4.50. The fourth-order valence-corrected chi connectivity index (χ4v) is 0. The predicted octanol–water partition coefficient (Wildman–Crippen LogP) is -2.96. The highest BCUT2D eigenvalue weighted by Gasteiger charge is 1.82. The Balaban J connectivity index is -0.0000000800. The molecule has 0 aliphatic rings. The summed E-state index contributed by atoms with van der Waals surface area (Å²) >= 11 is 0.539. The van der Waals surface area contributed by atoms with Crippen LogP contribution in [0.1, 0.15) is 0 Å². The predicted molar refractivity (Wildman–Crippen MR) is 25.9 cm³/mol. The lowest BCUT2D eigenvalue weighted by atomic mass is 15.9. The first-order chi connectivity index (χ1) is 2.00. The Kier molecular flexibility index (Phi) is 10.1. The van der Waals surface area contributed by atoms with Gasteiger partial charge < -0.3 is 15.5 Å². The Morgan fingerprint density at radius 2 is 1.29 bits per heavy atom. The van der Waals surface area contributed by atoms with E-state index in [1.54, 1.807) is 0 Å². The van der Waals surface area contributed by atoms with E-state index in [-0.39, 0.29) is 11.0 Å². The normalized spacial score (nSPS) is 8.14. The molecule has 0 saturated carbocycles. The van der Waals surface area contributed by atoms with Crippen molar-refractivity contribution in [3.8, 4) is 0 Å². The highest BCUT2D eigenvalue weighted by molar-refractivity contribution is 8.07. The summed E-state index contributed by atoms with van der Waals surface area (Å²) in [4.78, 5) is 0. The molecular weight excluding hydrogens is 139 g/mol. The van der Waals surface area contributed by atoms with Crippen LogP contribution in [0.2, 0.25) is 0 Å². The summed E-state index contributed by atoms with van der Waals surface area (Å²) < 4.78 is 25.9. The van der Waals surface area contributed by atoms with Gasteiger partial charge in [-0.3, -0.25) is 0 Å². The summed E-state index contributed by atoms with van der Waals surface area (Å²) in [5, 5.41) is 0. The van der Waals surface area contributed by atoms with Gasteiger partial charge in [0.25, 0.3) is 0 Å². The van der Waals surface area contributed by atoms with Gasteiger partial charge in [0.15, 0.2) is 0 Å². The largest absolute Gasteiger partial charge is 0.431 e. The first kappa shape index (κ1) is 15.7. The SMILES string of the molecule is O.O.O=[S](=O)(O)[AlH]. The summed E-state index contributed by atoms with van der Waals surface area (Å²) in [5.41, 5.74) is 0. The number of rotatable bonds is 0. The summed E-state index contributed by atoms with van der Waals surface area (Å²) in [6, 6.07) is 0. The molecule has 5 N–H and O–H groups in total. The van der Waals surface area contributed by atoms with Crippen molar-refractivity contribution in [1.29, 1.82) is 0 Å². The van der Waals surface area contributed by atoms with E-state index in [4.69, 9.17) is 4.55 Å². The van der Waals surface area contributed by atoms with Gasteiger partial charge >= 0.3 is 15.2 Å². The van der Waals surface area contributed by atoms with E-state index in [0.29, 0.717) is 15.2 Å². The molecule has 0 bridgehead atoms. The van der Waals surface area contributed by atoms with Gasteiger partial charge in [0, 0.05) is 0 Å². The molecule has 0 aromatic heterocycles. The van der Waals surface area contributed by atoms with Crippen molar-refractivity contribution in [3.05, 3.63) is 0 Å². The van der Waals surface area contributed by atoms with E-state index >= 15 is 0 Å². The third-order valence-corrected chi connectivity index (χ3v) is 0. The Bertz CT molecular complexity index is 91.2. The van der Waals surface area contributed by atoms with E-state index in [0.717, 1.165) is 0 Å². The van der Waals surface area contributed by atoms with Crippen LogP contribution in [-0.2, 0) is 8.48 Å². The molecule has 0 atom stereocenters. The monoisotopic (exact) mass is 145 g/mol. The van der Waals surface area contributed by atoms with Crippen molar-refractivity contribution in [2.75, 3.05) is 0 Å². The topological polar surface area (TPSA) is 117 Å². The fourth-order valence-electron chi connectivity index (χ4n) is 0. The van der Waals surface area contributed by atoms with Crippen LogP contribution in [0.25, 0.3) is 0 Å². The molecular formula is H6AlO5S. The molecule has 0 aromatic carbocycles. The molecule has 0 fully saturated rings. The van der Waals surface area contributed by atoms with Crippen molar-refractivity contribution in [3.63, 3.8) is 0 Å². The summed E-state index contributed by atoms with van der Waals surface area (Å²) in [6.45, 7) is 0. The molecule has 1 radical (unpaired) electrons. The Labute approximate surface area is 48.2 Å². The Morgan fingerprint density at radius 1 is 1.29 bits per heavy atom. The van der Waals surface area contributed by atoms with Crippen molar-refractivity contribution in [2.24, 2.45) is 0 Å². The molecule has 0 spiro atoms. The lowest BCUT2D eigenvalue weighted by Crippen LogP contribution is -1.91. The minimum Gasteiger partial charge on any atom is -0.412 e. The Hall–Kier alpha value is 0.362. The molecule has 0 saturated heterocycles. The van der Waals surface area contributed by atoms with Gasteiger partial charge in [0.1, 0.15) is 8.48 Å². The fraction of sp³-hybridized carbons (Fsp3) is 0. The third kappa shape index (κ3) is 922. The Morgan fingerprint density at radius 3 is 1.29 bits per heavy atom. The van der Waals surface area contributed by atoms with Crippen LogP contribution in [0.5, 0.6) is 0 Å². The molecule has 0 rings (SSSR count). The van der Waals surface area contributed by atoms with E-state index in [2.05, 4.69) is 0 Å². The average molecular weight is 145 g/mol. The summed E-state index contributed by atoms with van der Waals surface area (Å²) in [7, 11) is -3.64. The zero-order valence-electron chi connectivity index (χ0n) is 3.38. The highest BCUT2D eigenvalue weighted by atomic mass is 32.4. The van der Waals surface area contributed by atoms with Gasteiger partial charge in [0.2, 0.25) is 0 Å².